The van der Waals surface area contributed by atoms with E-state index in [0.717, 1.165) is 17.9 Å². The first-order valence-corrected chi connectivity index (χ1v) is 6.66. The van der Waals surface area contributed by atoms with Gasteiger partial charge in [0.1, 0.15) is 0 Å². The van der Waals surface area contributed by atoms with Crippen molar-refractivity contribution in [2.24, 2.45) is 11.1 Å². The highest BCUT2D eigenvalue weighted by atomic mass is 35.5. The van der Waals surface area contributed by atoms with Gasteiger partial charge in [-0.1, -0.05) is 36.6 Å². The zero-order chi connectivity index (χ0) is 12.3. The molecule has 1 fully saturated rings. The van der Waals surface area contributed by atoms with Crippen molar-refractivity contribution in [2.45, 2.75) is 31.6 Å². The van der Waals surface area contributed by atoms with Crippen LogP contribution in [0.2, 0.25) is 5.02 Å². The highest BCUT2D eigenvalue weighted by Crippen LogP contribution is 2.48. The fourth-order valence-electron chi connectivity index (χ4n) is 3.13. The molecule has 0 aliphatic heterocycles. The van der Waals surface area contributed by atoms with E-state index < -0.39 is 0 Å². The standard InChI is InChI=1S/C14H20ClNO/c15-12-5-3-11(4-6-12)13(9-16)14(10-17)7-1-2-8-14/h3-6,13,17H,1-2,7-10,16H2/t13-/m1/s1. The van der Waals surface area contributed by atoms with E-state index in [1.807, 2.05) is 24.3 Å². The molecule has 0 amide bonds. The number of aliphatic hydroxyl groups is 1. The summed E-state index contributed by atoms with van der Waals surface area (Å²) < 4.78 is 0. The Hall–Kier alpha value is -0.570. The van der Waals surface area contributed by atoms with Gasteiger partial charge in [-0.2, -0.15) is 0 Å². The van der Waals surface area contributed by atoms with Crippen molar-refractivity contribution >= 4 is 11.6 Å². The van der Waals surface area contributed by atoms with Crippen LogP contribution in [0.4, 0.5) is 0 Å². The monoisotopic (exact) mass is 253 g/mol. The summed E-state index contributed by atoms with van der Waals surface area (Å²) in [5.74, 6) is 0.243. The van der Waals surface area contributed by atoms with Crippen LogP contribution in [0.15, 0.2) is 24.3 Å². The van der Waals surface area contributed by atoms with Crippen LogP contribution in [0.3, 0.4) is 0 Å². The smallest absolute Gasteiger partial charge is 0.0493 e. The molecule has 2 rings (SSSR count). The molecule has 0 heterocycles. The highest BCUT2D eigenvalue weighted by molar-refractivity contribution is 6.30. The highest BCUT2D eigenvalue weighted by Gasteiger charge is 2.40. The first-order valence-electron chi connectivity index (χ1n) is 6.28. The summed E-state index contributed by atoms with van der Waals surface area (Å²) in [4.78, 5) is 0. The van der Waals surface area contributed by atoms with Gasteiger partial charge in [0.25, 0.3) is 0 Å². The van der Waals surface area contributed by atoms with Crippen LogP contribution in [0.25, 0.3) is 0 Å². The van der Waals surface area contributed by atoms with Crippen LogP contribution in [0.1, 0.15) is 37.2 Å². The van der Waals surface area contributed by atoms with Gasteiger partial charge in [0, 0.05) is 23.0 Å². The quantitative estimate of drug-likeness (QED) is 0.867. The molecule has 2 nitrogen and oxygen atoms in total. The third kappa shape index (κ3) is 2.49. The number of hydrogen-bond donors (Lipinski definition) is 2. The maximum absolute atomic E-state index is 9.75. The van der Waals surface area contributed by atoms with E-state index in [4.69, 9.17) is 17.3 Å². The number of nitrogens with two attached hydrogens (primary N) is 1. The second-order valence-corrected chi connectivity index (χ2v) is 5.50. The lowest BCUT2D eigenvalue weighted by atomic mass is 9.71. The van der Waals surface area contributed by atoms with E-state index in [2.05, 4.69) is 0 Å². The maximum Gasteiger partial charge on any atom is 0.0493 e. The molecule has 1 aliphatic rings. The molecule has 0 spiro atoms. The molecule has 94 valence electrons. The fourth-order valence-corrected chi connectivity index (χ4v) is 3.26. The van der Waals surface area contributed by atoms with Crippen molar-refractivity contribution in [1.82, 2.24) is 0 Å². The van der Waals surface area contributed by atoms with Gasteiger partial charge in [-0.05, 0) is 37.1 Å². The van der Waals surface area contributed by atoms with Crippen molar-refractivity contribution < 1.29 is 5.11 Å². The van der Waals surface area contributed by atoms with Crippen LogP contribution in [0, 0.1) is 5.41 Å². The van der Waals surface area contributed by atoms with Gasteiger partial charge in [-0.25, -0.2) is 0 Å². The third-order valence-corrected chi connectivity index (χ3v) is 4.41. The summed E-state index contributed by atoms with van der Waals surface area (Å²) in [5, 5.41) is 10.5. The first-order chi connectivity index (χ1) is 8.22. The minimum absolute atomic E-state index is 0.0113. The second-order valence-electron chi connectivity index (χ2n) is 5.07. The summed E-state index contributed by atoms with van der Waals surface area (Å²) in [6.07, 6.45) is 4.55. The predicted octanol–water partition coefficient (Wildman–Crippen LogP) is 2.94. The molecule has 1 aromatic carbocycles. The van der Waals surface area contributed by atoms with Crippen LogP contribution in [-0.4, -0.2) is 18.3 Å². The Kier molecular flexibility index (Phi) is 4.08. The molecule has 1 atom stereocenters. The van der Waals surface area contributed by atoms with Crippen LogP contribution in [0.5, 0.6) is 0 Å². The average molecular weight is 254 g/mol. The van der Waals surface area contributed by atoms with E-state index in [9.17, 15) is 5.11 Å². The van der Waals surface area contributed by atoms with Crippen molar-refractivity contribution in [1.29, 1.82) is 0 Å². The summed E-state index contributed by atoms with van der Waals surface area (Å²) >= 11 is 5.91. The molecule has 0 unspecified atom stereocenters. The van der Waals surface area contributed by atoms with E-state index in [1.165, 1.54) is 18.4 Å². The number of benzene rings is 1. The van der Waals surface area contributed by atoms with Crippen molar-refractivity contribution in [2.75, 3.05) is 13.2 Å². The molecule has 1 saturated carbocycles. The summed E-state index contributed by atoms with van der Waals surface area (Å²) in [5.41, 5.74) is 7.13. The normalized spacial score (nSPS) is 20.4. The Bertz CT molecular complexity index is 357. The van der Waals surface area contributed by atoms with Crippen molar-refractivity contribution in [3.8, 4) is 0 Å². The molecule has 1 aromatic rings. The first kappa shape index (κ1) is 12.9. The van der Waals surface area contributed by atoms with Gasteiger partial charge < -0.3 is 10.8 Å². The average Bonchev–Trinajstić information content (AvgIpc) is 2.82. The zero-order valence-electron chi connectivity index (χ0n) is 10.0. The minimum Gasteiger partial charge on any atom is -0.396 e. The Morgan fingerprint density at radius 1 is 1.24 bits per heavy atom. The van der Waals surface area contributed by atoms with Gasteiger partial charge in [-0.3, -0.25) is 0 Å². The van der Waals surface area contributed by atoms with E-state index in [1.54, 1.807) is 0 Å². The zero-order valence-corrected chi connectivity index (χ0v) is 10.8. The molecule has 0 saturated heterocycles. The molecule has 3 N–H and O–H groups in total. The number of aliphatic hydroxyl groups excluding tert-OH is 1. The maximum atomic E-state index is 9.75. The van der Waals surface area contributed by atoms with Crippen LogP contribution < -0.4 is 5.73 Å². The van der Waals surface area contributed by atoms with Gasteiger partial charge in [0.15, 0.2) is 0 Å². The van der Waals surface area contributed by atoms with Crippen molar-refractivity contribution in [3.05, 3.63) is 34.9 Å². The van der Waals surface area contributed by atoms with Gasteiger partial charge in [0.05, 0.1) is 0 Å². The van der Waals surface area contributed by atoms with Gasteiger partial charge >= 0.3 is 0 Å². The molecule has 0 bridgehead atoms. The molecule has 1 aliphatic carbocycles. The van der Waals surface area contributed by atoms with E-state index >= 15 is 0 Å². The van der Waals surface area contributed by atoms with Crippen LogP contribution >= 0.6 is 11.6 Å². The van der Waals surface area contributed by atoms with Gasteiger partial charge in [0.2, 0.25) is 0 Å². The Morgan fingerprint density at radius 3 is 2.29 bits per heavy atom. The Balaban J connectivity index is 2.28. The minimum atomic E-state index is -0.0113. The Labute approximate surface area is 108 Å². The topological polar surface area (TPSA) is 46.2 Å². The van der Waals surface area contributed by atoms with E-state index in [0.29, 0.717) is 6.54 Å². The van der Waals surface area contributed by atoms with E-state index in [-0.39, 0.29) is 17.9 Å². The second kappa shape index (κ2) is 5.38. The lowest BCUT2D eigenvalue weighted by molar-refractivity contribution is 0.103. The third-order valence-electron chi connectivity index (χ3n) is 4.16. The number of hydrogen-bond acceptors (Lipinski definition) is 2. The summed E-state index contributed by atoms with van der Waals surface area (Å²) in [7, 11) is 0. The lowest BCUT2D eigenvalue weighted by Gasteiger charge is -2.35. The molecule has 0 radical (unpaired) electrons. The summed E-state index contributed by atoms with van der Waals surface area (Å²) in [6.45, 7) is 0.819. The molecule has 0 aromatic heterocycles. The van der Waals surface area contributed by atoms with Crippen LogP contribution in [-0.2, 0) is 0 Å². The molecule has 3 heteroatoms. The lowest BCUT2D eigenvalue weighted by Crippen LogP contribution is -2.34. The SMILES string of the molecule is NC[C@H](c1ccc(Cl)cc1)C1(CO)CCCC1. The fraction of sp³-hybridized carbons (Fsp3) is 0.571. The number of rotatable bonds is 4. The molecule has 17 heavy (non-hydrogen) atoms. The van der Waals surface area contributed by atoms with Crippen molar-refractivity contribution in [3.63, 3.8) is 0 Å². The number of halogens is 1. The predicted molar refractivity (Wildman–Crippen MR) is 71.2 cm³/mol. The Morgan fingerprint density at radius 2 is 1.82 bits per heavy atom. The largest absolute Gasteiger partial charge is 0.396 e. The summed E-state index contributed by atoms with van der Waals surface area (Å²) in [6, 6.07) is 7.88. The molecular weight excluding hydrogens is 234 g/mol. The molecular formula is C14H20ClNO. The van der Waals surface area contributed by atoms with Gasteiger partial charge in [-0.15, -0.1) is 0 Å².